The van der Waals surface area contributed by atoms with Crippen molar-refractivity contribution >= 4 is 27.7 Å². The summed E-state index contributed by atoms with van der Waals surface area (Å²) in [5, 5.41) is 0. The fourth-order valence-electron chi connectivity index (χ4n) is 3.90. The monoisotopic (exact) mass is 465 g/mol. The number of rotatable bonds is 9. The van der Waals surface area contributed by atoms with E-state index in [9.17, 15) is 9.59 Å². The summed E-state index contributed by atoms with van der Waals surface area (Å²) in [6.45, 7) is 14.5. The van der Waals surface area contributed by atoms with Crippen LogP contribution >= 0.6 is 15.9 Å². The molecular formula is C23H36BrN3O2. The molecule has 1 fully saturated rings. The molecule has 1 saturated heterocycles. The van der Waals surface area contributed by atoms with E-state index in [0.717, 1.165) is 50.0 Å². The van der Waals surface area contributed by atoms with E-state index in [-0.39, 0.29) is 17.7 Å². The summed E-state index contributed by atoms with van der Waals surface area (Å²) in [6.07, 6.45) is 1.50. The van der Waals surface area contributed by atoms with Crippen LogP contribution in [0.2, 0.25) is 0 Å². The maximum absolute atomic E-state index is 13.2. The van der Waals surface area contributed by atoms with Gasteiger partial charge in [0, 0.05) is 48.7 Å². The second-order valence-electron chi connectivity index (χ2n) is 8.28. The quantitative estimate of drug-likeness (QED) is 0.550. The number of carbonyl (C=O) groups is 2. The zero-order chi connectivity index (χ0) is 21.4. The Morgan fingerprint density at radius 2 is 1.66 bits per heavy atom. The van der Waals surface area contributed by atoms with Crippen LogP contribution in [0.15, 0.2) is 28.7 Å². The number of amides is 2. The highest BCUT2D eigenvalue weighted by molar-refractivity contribution is 9.10. The molecule has 29 heavy (non-hydrogen) atoms. The van der Waals surface area contributed by atoms with Crippen molar-refractivity contribution in [3.05, 3.63) is 34.3 Å². The summed E-state index contributed by atoms with van der Waals surface area (Å²) in [6, 6.07) is 7.48. The minimum absolute atomic E-state index is 0.0272. The average molecular weight is 466 g/mol. The standard InChI is InChI=1S/C23H36BrN3O2/c1-5-25(6-2)15-16-27(17-18(3)4)23(29)20-11-13-26(14-12-20)22(28)19-7-9-21(24)10-8-19/h7-10,18,20H,5-6,11-17H2,1-4H3. The van der Waals surface area contributed by atoms with E-state index in [4.69, 9.17) is 0 Å². The van der Waals surface area contributed by atoms with Crippen molar-refractivity contribution in [2.75, 3.05) is 45.8 Å². The molecule has 0 radical (unpaired) electrons. The average Bonchev–Trinajstić information content (AvgIpc) is 2.73. The lowest BCUT2D eigenvalue weighted by atomic mass is 9.94. The Balaban J connectivity index is 1.93. The molecule has 2 amide bonds. The molecule has 0 saturated carbocycles. The number of hydrogen-bond donors (Lipinski definition) is 0. The minimum atomic E-state index is 0.0272. The van der Waals surface area contributed by atoms with Gasteiger partial charge in [0.25, 0.3) is 5.91 Å². The van der Waals surface area contributed by atoms with Crippen molar-refractivity contribution in [3.63, 3.8) is 0 Å². The topological polar surface area (TPSA) is 43.9 Å². The first-order valence-electron chi connectivity index (χ1n) is 10.9. The van der Waals surface area contributed by atoms with Gasteiger partial charge in [-0.3, -0.25) is 9.59 Å². The van der Waals surface area contributed by atoms with Crippen LogP contribution in [0.4, 0.5) is 0 Å². The van der Waals surface area contributed by atoms with Crippen LogP contribution in [0.1, 0.15) is 50.9 Å². The first-order chi connectivity index (χ1) is 13.8. The number of nitrogens with zero attached hydrogens (tertiary/aromatic N) is 3. The van der Waals surface area contributed by atoms with Gasteiger partial charge in [0.05, 0.1) is 0 Å². The van der Waals surface area contributed by atoms with Crippen molar-refractivity contribution in [2.45, 2.75) is 40.5 Å². The van der Waals surface area contributed by atoms with E-state index >= 15 is 0 Å². The fraction of sp³-hybridized carbons (Fsp3) is 0.652. The molecule has 0 N–H and O–H groups in total. The zero-order valence-electron chi connectivity index (χ0n) is 18.4. The van der Waals surface area contributed by atoms with Gasteiger partial charge in [0.2, 0.25) is 5.91 Å². The Hall–Kier alpha value is -1.40. The van der Waals surface area contributed by atoms with Crippen LogP contribution in [0.3, 0.4) is 0 Å². The maximum atomic E-state index is 13.2. The van der Waals surface area contributed by atoms with Crippen LogP contribution in [0.25, 0.3) is 0 Å². The second-order valence-corrected chi connectivity index (χ2v) is 9.19. The van der Waals surface area contributed by atoms with Crippen LogP contribution in [-0.2, 0) is 4.79 Å². The van der Waals surface area contributed by atoms with E-state index in [1.54, 1.807) is 0 Å². The Labute approximate surface area is 184 Å². The molecule has 0 spiro atoms. The van der Waals surface area contributed by atoms with E-state index in [0.29, 0.717) is 24.6 Å². The Morgan fingerprint density at radius 1 is 1.07 bits per heavy atom. The molecule has 2 rings (SSSR count). The van der Waals surface area contributed by atoms with Gasteiger partial charge in [-0.05, 0) is 56.1 Å². The zero-order valence-corrected chi connectivity index (χ0v) is 20.0. The molecule has 6 heteroatoms. The van der Waals surface area contributed by atoms with Crippen LogP contribution in [-0.4, -0.2) is 72.3 Å². The molecule has 0 bridgehead atoms. The third-order valence-corrected chi connectivity index (χ3v) is 6.23. The number of halogens is 1. The molecule has 1 heterocycles. The summed E-state index contributed by atoms with van der Waals surface area (Å²) >= 11 is 3.41. The Bertz CT molecular complexity index is 651. The molecule has 1 aliphatic heterocycles. The van der Waals surface area contributed by atoms with Crippen molar-refractivity contribution in [2.24, 2.45) is 11.8 Å². The number of hydrogen-bond acceptors (Lipinski definition) is 3. The second kappa shape index (κ2) is 11.7. The lowest BCUT2D eigenvalue weighted by Gasteiger charge is -2.35. The van der Waals surface area contributed by atoms with Crippen molar-refractivity contribution in [1.82, 2.24) is 14.7 Å². The third kappa shape index (κ3) is 7.10. The summed E-state index contributed by atoms with van der Waals surface area (Å²) < 4.78 is 0.966. The number of carbonyl (C=O) groups excluding carboxylic acids is 2. The molecule has 5 nitrogen and oxygen atoms in total. The summed E-state index contributed by atoms with van der Waals surface area (Å²) in [4.78, 5) is 32.2. The van der Waals surface area contributed by atoms with Crippen LogP contribution in [0.5, 0.6) is 0 Å². The lowest BCUT2D eigenvalue weighted by Crippen LogP contribution is -2.47. The number of likely N-dealkylation sites (tertiary alicyclic amines) is 1. The van der Waals surface area contributed by atoms with Gasteiger partial charge < -0.3 is 14.7 Å². The molecule has 0 unspecified atom stereocenters. The van der Waals surface area contributed by atoms with Crippen molar-refractivity contribution in [3.8, 4) is 0 Å². The molecule has 0 aromatic heterocycles. The van der Waals surface area contributed by atoms with Gasteiger partial charge in [-0.25, -0.2) is 0 Å². The van der Waals surface area contributed by atoms with E-state index in [1.807, 2.05) is 29.2 Å². The van der Waals surface area contributed by atoms with Crippen LogP contribution in [0, 0.1) is 11.8 Å². The predicted octanol–water partition coefficient (Wildman–Crippen LogP) is 4.13. The smallest absolute Gasteiger partial charge is 0.253 e. The summed E-state index contributed by atoms with van der Waals surface area (Å²) in [5.74, 6) is 0.805. The van der Waals surface area contributed by atoms with Gasteiger partial charge in [0.1, 0.15) is 0 Å². The highest BCUT2D eigenvalue weighted by atomic mass is 79.9. The van der Waals surface area contributed by atoms with Gasteiger partial charge in [-0.1, -0.05) is 43.6 Å². The molecule has 1 aromatic carbocycles. The Kier molecular flexibility index (Phi) is 9.63. The molecule has 0 aliphatic carbocycles. The van der Waals surface area contributed by atoms with Gasteiger partial charge in [-0.15, -0.1) is 0 Å². The van der Waals surface area contributed by atoms with Gasteiger partial charge in [-0.2, -0.15) is 0 Å². The lowest BCUT2D eigenvalue weighted by molar-refractivity contribution is -0.137. The first kappa shape index (κ1) is 23.9. The predicted molar refractivity (Wildman–Crippen MR) is 122 cm³/mol. The van der Waals surface area contributed by atoms with E-state index < -0.39 is 0 Å². The van der Waals surface area contributed by atoms with E-state index in [2.05, 4.69) is 53.4 Å². The summed E-state index contributed by atoms with van der Waals surface area (Å²) in [5.41, 5.74) is 0.707. The number of benzene rings is 1. The number of likely N-dealkylation sites (N-methyl/N-ethyl adjacent to an activating group) is 1. The molecule has 0 atom stereocenters. The highest BCUT2D eigenvalue weighted by Gasteiger charge is 2.30. The van der Waals surface area contributed by atoms with Crippen molar-refractivity contribution < 1.29 is 9.59 Å². The fourth-order valence-corrected chi connectivity index (χ4v) is 4.16. The minimum Gasteiger partial charge on any atom is -0.341 e. The van der Waals surface area contributed by atoms with Crippen LogP contribution < -0.4 is 0 Å². The molecule has 1 aliphatic rings. The van der Waals surface area contributed by atoms with Gasteiger partial charge >= 0.3 is 0 Å². The Morgan fingerprint density at radius 3 is 2.17 bits per heavy atom. The van der Waals surface area contributed by atoms with Crippen molar-refractivity contribution in [1.29, 1.82) is 0 Å². The molecule has 162 valence electrons. The number of piperidine rings is 1. The molecule has 1 aromatic rings. The maximum Gasteiger partial charge on any atom is 0.253 e. The molecular weight excluding hydrogens is 430 g/mol. The largest absolute Gasteiger partial charge is 0.341 e. The SMILES string of the molecule is CCN(CC)CCN(CC(C)C)C(=O)C1CCN(C(=O)c2ccc(Br)cc2)CC1. The normalized spacial score (nSPS) is 15.2. The highest BCUT2D eigenvalue weighted by Crippen LogP contribution is 2.22. The first-order valence-corrected chi connectivity index (χ1v) is 11.7. The van der Waals surface area contributed by atoms with E-state index in [1.165, 1.54) is 0 Å². The van der Waals surface area contributed by atoms with Gasteiger partial charge in [0.15, 0.2) is 0 Å². The third-order valence-electron chi connectivity index (χ3n) is 5.70. The summed E-state index contributed by atoms with van der Waals surface area (Å²) in [7, 11) is 0.